The second kappa shape index (κ2) is 11.0. The molecule has 2 fully saturated rings. The van der Waals surface area contributed by atoms with Crippen molar-refractivity contribution in [2.75, 3.05) is 25.3 Å². The van der Waals surface area contributed by atoms with Crippen molar-refractivity contribution in [1.29, 1.82) is 0 Å². The maximum absolute atomic E-state index is 13.4. The Morgan fingerprint density at radius 1 is 1.11 bits per heavy atom. The predicted octanol–water partition coefficient (Wildman–Crippen LogP) is 4.04. The van der Waals surface area contributed by atoms with Crippen molar-refractivity contribution in [2.45, 2.75) is 48.6 Å². The molecule has 2 heterocycles. The first-order valence-corrected chi connectivity index (χ1v) is 13.8. The molecule has 204 valence electrons. The van der Waals surface area contributed by atoms with E-state index in [4.69, 9.17) is 9.47 Å². The molecule has 8 nitrogen and oxygen atoms in total. The van der Waals surface area contributed by atoms with Gasteiger partial charge in [-0.15, -0.1) is 0 Å². The molecule has 1 unspecified atom stereocenters. The van der Waals surface area contributed by atoms with Crippen LogP contribution in [0.15, 0.2) is 71.6 Å². The molecule has 1 saturated carbocycles. The number of rotatable bonds is 7. The van der Waals surface area contributed by atoms with Gasteiger partial charge in [-0.3, -0.25) is 4.79 Å². The Morgan fingerprint density at radius 3 is 2.68 bits per heavy atom. The lowest BCUT2D eigenvalue weighted by Crippen LogP contribution is -2.33. The Balaban J connectivity index is 0.00000147. The number of hydrogen-bond acceptors (Lipinski definition) is 5. The monoisotopic (exact) mass is 540 g/mol. The van der Waals surface area contributed by atoms with Crippen LogP contribution in [0.1, 0.15) is 39.7 Å². The molecule has 6 rings (SSSR count). The SMILES string of the molecule is O.O=C(Nc1cccc(-c2ccc(S(=O)N3CCC[C@@H]3CO)cc2)c1)C1(c2ccc3c(c2)OCOC3)CC1.[HH].[HH]. The number of fused-ring (bicyclic) bond motifs is 1. The number of amides is 1. The molecule has 9 heteroatoms. The average molecular weight is 541 g/mol. The Bertz CT molecular complexity index is 1350. The van der Waals surface area contributed by atoms with E-state index in [1.54, 1.807) is 0 Å². The molecule has 3 aromatic carbocycles. The second-order valence-electron chi connectivity index (χ2n) is 9.94. The van der Waals surface area contributed by atoms with E-state index in [0.29, 0.717) is 6.61 Å². The van der Waals surface area contributed by atoms with Crippen LogP contribution in [0.25, 0.3) is 11.1 Å². The quantitative estimate of drug-likeness (QED) is 0.469. The van der Waals surface area contributed by atoms with Crippen LogP contribution in [-0.4, -0.2) is 51.0 Å². The Kier molecular flexibility index (Phi) is 7.65. The third-order valence-electron chi connectivity index (χ3n) is 7.62. The van der Waals surface area contributed by atoms with Gasteiger partial charge in [0.15, 0.2) is 6.79 Å². The van der Waals surface area contributed by atoms with Gasteiger partial charge in [0.2, 0.25) is 5.91 Å². The molecule has 3 aromatic rings. The van der Waals surface area contributed by atoms with Crippen molar-refractivity contribution < 1.29 is 31.9 Å². The van der Waals surface area contributed by atoms with Crippen molar-refractivity contribution >= 4 is 22.6 Å². The lowest BCUT2D eigenvalue weighted by atomic mass is 9.93. The molecule has 38 heavy (non-hydrogen) atoms. The summed E-state index contributed by atoms with van der Waals surface area (Å²) in [6.45, 7) is 1.52. The second-order valence-corrected chi connectivity index (χ2v) is 11.4. The number of hydrogen-bond donors (Lipinski definition) is 2. The predicted molar refractivity (Wildman–Crippen MR) is 149 cm³/mol. The zero-order valence-electron chi connectivity index (χ0n) is 21.0. The summed E-state index contributed by atoms with van der Waals surface area (Å²) < 4.78 is 25.8. The summed E-state index contributed by atoms with van der Waals surface area (Å²) in [6.07, 6.45) is 3.43. The summed E-state index contributed by atoms with van der Waals surface area (Å²) in [4.78, 5) is 14.1. The normalized spacial score (nSPS) is 20.5. The van der Waals surface area contributed by atoms with Gasteiger partial charge in [0.1, 0.15) is 16.7 Å². The molecular formula is C29H36N2O6S. The van der Waals surface area contributed by atoms with Gasteiger partial charge in [0.05, 0.1) is 23.5 Å². The van der Waals surface area contributed by atoms with Gasteiger partial charge in [-0.2, -0.15) is 0 Å². The number of anilines is 1. The number of nitrogens with zero attached hydrogens (tertiary/aromatic N) is 1. The van der Waals surface area contributed by atoms with Crippen molar-refractivity contribution in [3.05, 3.63) is 77.9 Å². The summed E-state index contributed by atoms with van der Waals surface area (Å²) in [5.74, 6) is 0.789. The summed E-state index contributed by atoms with van der Waals surface area (Å²) in [6, 6.07) is 21.4. The van der Waals surface area contributed by atoms with Crippen LogP contribution in [0, 0.1) is 0 Å². The highest BCUT2D eigenvalue weighted by Gasteiger charge is 2.51. The topological polar surface area (TPSA) is 120 Å². The third-order valence-corrected chi connectivity index (χ3v) is 9.20. The molecule has 0 bridgehead atoms. The summed E-state index contributed by atoms with van der Waals surface area (Å²) in [7, 11) is -1.29. The molecule has 2 atom stereocenters. The largest absolute Gasteiger partial charge is 0.467 e. The van der Waals surface area contributed by atoms with Crippen LogP contribution in [-0.2, 0) is 32.5 Å². The Labute approximate surface area is 227 Å². The zero-order chi connectivity index (χ0) is 25.4. The molecule has 2 aliphatic heterocycles. The molecule has 1 amide bonds. The minimum atomic E-state index is -1.29. The highest BCUT2D eigenvalue weighted by Crippen LogP contribution is 2.50. The van der Waals surface area contributed by atoms with Gasteiger partial charge in [0, 0.05) is 26.7 Å². The summed E-state index contributed by atoms with van der Waals surface area (Å²) in [5.41, 5.74) is 4.14. The van der Waals surface area contributed by atoms with E-state index < -0.39 is 16.4 Å². The lowest BCUT2D eigenvalue weighted by molar-refractivity contribution is -0.118. The number of carbonyl (C=O) groups is 1. The van der Waals surface area contributed by atoms with E-state index >= 15 is 0 Å². The number of aliphatic hydroxyl groups excluding tert-OH is 1. The first-order chi connectivity index (χ1) is 18.1. The van der Waals surface area contributed by atoms with E-state index in [-0.39, 0.29) is 33.7 Å². The van der Waals surface area contributed by atoms with E-state index in [1.165, 1.54) is 0 Å². The van der Waals surface area contributed by atoms with Crippen LogP contribution in [0.4, 0.5) is 5.69 Å². The van der Waals surface area contributed by atoms with Crippen LogP contribution in [0.3, 0.4) is 0 Å². The van der Waals surface area contributed by atoms with Crippen LogP contribution >= 0.6 is 0 Å². The van der Waals surface area contributed by atoms with Crippen LogP contribution < -0.4 is 10.1 Å². The third kappa shape index (κ3) is 5.00. The number of nitrogens with one attached hydrogen (secondary N) is 1. The van der Waals surface area contributed by atoms with Gasteiger partial charge >= 0.3 is 0 Å². The lowest BCUT2D eigenvalue weighted by Gasteiger charge is -2.21. The van der Waals surface area contributed by atoms with Gasteiger partial charge < -0.3 is 25.4 Å². The van der Waals surface area contributed by atoms with Crippen molar-refractivity contribution in [3.63, 3.8) is 0 Å². The smallest absolute Gasteiger partial charge is 0.235 e. The van der Waals surface area contributed by atoms with Gasteiger partial charge in [-0.05, 0) is 72.7 Å². The molecule has 0 radical (unpaired) electrons. The van der Waals surface area contributed by atoms with Gasteiger partial charge in [-0.25, -0.2) is 8.51 Å². The van der Waals surface area contributed by atoms with Gasteiger partial charge in [-0.1, -0.05) is 36.4 Å². The number of benzene rings is 3. The standard InChI is InChI=1S/C29H30N2O5S.H2O.2H2/c32-17-25-5-2-14-31(25)37(34)26-10-7-20(8-11-26)21-3-1-4-24(15-21)30-28(33)29(12-13-29)23-9-6-22-18-35-19-36-27(22)16-23;;;/h1,3-4,6-11,15-16,25,32H,2,5,12-14,17-19H2,(H,30,33);1H2;2*1H/t25-,37?;;;/m1.../s1. The molecule has 0 spiro atoms. The van der Waals surface area contributed by atoms with Gasteiger partial charge in [0.25, 0.3) is 0 Å². The zero-order valence-corrected chi connectivity index (χ0v) is 21.8. The number of carbonyl (C=O) groups excluding carboxylic acids is 1. The Morgan fingerprint density at radius 2 is 1.92 bits per heavy atom. The minimum Gasteiger partial charge on any atom is -0.467 e. The van der Waals surface area contributed by atoms with Crippen molar-refractivity contribution in [3.8, 4) is 16.9 Å². The number of ether oxygens (including phenoxy) is 2. The summed E-state index contributed by atoms with van der Waals surface area (Å²) in [5, 5.41) is 12.7. The molecule has 0 aromatic heterocycles. The van der Waals surface area contributed by atoms with Crippen LogP contribution in [0.2, 0.25) is 0 Å². The van der Waals surface area contributed by atoms with E-state index in [1.807, 2.05) is 71.0 Å². The molecule has 3 aliphatic rings. The highest BCUT2D eigenvalue weighted by atomic mass is 32.2. The minimum absolute atomic E-state index is 0. The average Bonchev–Trinajstić information content (AvgIpc) is 3.63. The molecule has 1 aliphatic carbocycles. The fourth-order valence-electron chi connectivity index (χ4n) is 5.27. The Hall–Kier alpha value is -3.08. The molecule has 1 saturated heterocycles. The van der Waals surface area contributed by atoms with Crippen molar-refractivity contribution in [1.82, 2.24) is 4.31 Å². The summed E-state index contributed by atoms with van der Waals surface area (Å²) >= 11 is 0. The van der Waals surface area contributed by atoms with E-state index in [2.05, 4.69) is 5.32 Å². The first kappa shape index (κ1) is 26.5. The first-order valence-electron chi connectivity index (χ1n) is 12.7. The van der Waals surface area contributed by atoms with Crippen molar-refractivity contribution in [2.24, 2.45) is 0 Å². The van der Waals surface area contributed by atoms with E-state index in [9.17, 15) is 14.1 Å². The number of aliphatic hydroxyl groups is 1. The fourth-order valence-corrected chi connectivity index (χ4v) is 6.65. The molecular weight excluding hydrogens is 504 g/mol. The van der Waals surface area contributed by atoms with E-state index in [0.717, 1.165) is 70.8 Å². The maximum Gasteiger partial charge on any atom is 0.235 e. The molecule has 4 N–H and O–H groups in total. The van der Waals surface area contributed by atoms with Crippen LogP contribution in [0.5, 0.6) is 5.75 Å². The highest BCUT2D eigenvalue weighted by molar-refractivity contribution is 7.82. The maximum atomic E-state index is 13.4. The fraction of sp³-hybridized carbons (Fsp3) is 0.345.